The van der Waals surface area contributed by atoms with Gasteiger partial charge in [0.15, 0.2) is 5.13 Å². The maximum atomic E-state index is 4.76. The van der Waals surface area contributed by atoms with Crippen molar-refractivity contribution in [2.24, 2.45) is 5.92 Å². The summed E-state index contributed by atoms with van der Waals surface area (Å²) in [5.74, 6) is 0.709. The largest absolute Gasteiger partial charge is 0.346 e. The molecule has 1 fully saturated rings. The second kappa shape index (κ2) is 6.68. The van der Waals surface area contributed by atoms with Crippen LogP contribution in [0.25, 0.3) is 0 Å². The van der Waals surface area contributed by atoms with E-state index in [0.717, 1.165) is 26.2 Å². The highest BCUT2D eigenvalue weighted by molar-refractivity contribution is 7.13. The molecule has 0 aromatic carbocycles. The van der Waals surface area contributed by atoms with Crippen LogP contribution in [0.15, 0.2) is 5.38 Å². The van der Waals surface area contributed by atoms with E-state index in [9.17, 15) is 0 Å². The monoisotopic (exact) mass is 282 g/mol. The zero-order chi connectivity index (χ0) is 13.8. The van der Waals surface area contributed by atoms with Gasteiger partial charge in [-0.15, -0.1) is 11.3 Å². The molecule has 1 aliphatic heterocycles. The summed E-state index contributed by atoms with van der Waals surface area (Å²) in [6, 6.07) is 0.644. The molecule has 1 N–H and O–H groups in total. The van der Waals surface area contributed by atoms with Gasteiger partial charge in [0.25, 0.3) is 0 Å². The van der Waals surface area contributed by atoms with Gasteiger partial charge in [-0.1, -0.05) is 13.8 Å². The third kappa shape index (κ3) is 3.68. The van der Waals surface area contributed by atoms with Crippen LogP contribution in [0.3, 0.4) is 0 Å². The van der Waals surface area contributed by atoms with E-state index in [4.69, 9.17) is 4.98 Å². The molecule has 0 spiro atoms. The zero-order valence-electron chi connectivity index (χ0n) is 12.5. The molecule has 0 radical (unpaired) electrons. The highest BCUT2D eigenvalue weighted by Crippen LogP contribution is 2.28. The van der Waals surface area contributed by atoms with E-state index in [-0.39, 0.29) is 0 Å². The van der Waals surface area contributed by atoms with Crippen LogP contribution in [0.2, 0.25) is 0 Å². The standard InChI is InChI=1S/C14H26N4S/c1-5-6-15-7-12-10-19-14(16-12)18-8-11(2)13(9-18)17(3)4/h10-11,13,15H,5-9H2,1-4H3. The lowest BCUT2D eigenvalue weighted by atomic mass is 10.1. The molecule has 1 aliphatic rings. The first kappa shape index (κ1) is 14.8. The molecule has 19 heavy (non-hydrogen) atoms. The van der Waals surface area contributed by atoms with Crippen molar-refractivity contribution in [3.05, 3.63) is 11.1 Å². The minimum absolute atomic E-state index is 0.644. The van der Waals surface area contributed by atoms with Crippen LogP contribution in [-0.2, 0) is 6.54 Å². The van der Waals surface area contributed by atoms with Gasteiger partial charge in [-0.2, -0.15) is 0 Å². The van der Waals surface area contributed by atoms with Gasteiger partial charge in [-0.3, -0.25) is 0 Å². The molecule has 2 unspecified atom stereocenters. The Bertz CT molecular complexity index is 391. The first-order chi connectivity index (χ1) is 9.11. The molecule has 5 heteroatoms. The fourth-order valence-electron chi connectivity index (χ4n) is 2.69. The minimum atomic E-state index is 0.644. The van der Waals surface area contributed by atoms with Crippen LogP contribution in [0, 0.1) is 5.92 Å². The van der Waals surface area contributed by atoms with E-state index in [1.165, 1.54) is 17.2 Å². The number of nitrogens with zero attached hydrogens (tertiary/aromatic N) is 3. The number of hydrogen-bond donors (Lipinski definition) is 1. The quantitative estimate of drug-likeness (QED) is 0.809. The lowest BCUT2D eigenvalue weighted by Gasteiger charge is -2.22. The first-order valence-electron chi connectivity index (χ1n) is 7.18. The highest BCUT2D eigenvalue weighted by Gasteiger charge is 2.32. The average Bonchev–Trinajstić information content (AvgIpc) is 2.96. The molecule has 0 saturated carbocycles. The van der Waals surface area contributed by atoms with E-state index in [1.54, 1.807) is 11.3 Å². The predicted molar refractivity (Wildman–Crippen MR) is 83.0 cm³/mol. The van der Waals surface area contributed by atoms with Gasteiger partial charge in [0.1, 0.15) is 0 Å². The molecule has 0 bridgehead atoms. The molecule has 2 heterocycles. The Hall–Kier alpha value is -0.650. The lowest BCUT2D eigenvalue weighted by Crippen LogP contribution is -2.34. The van der Waals surface area contributed by atoms with Crippen molar-refractivity contribution in [2.45, 2.75) is 32.9 Å². The molecule has 0 amide bonds. The van der Waals surface area contributed by atoms with Crippen LogP contribution in [0.4, 0.5) is 5.13 Å². The van der Waals surface area contributed by atoms with Crippen LogP contribution < -0.4 is 10.2 Å². The summed E-state index contributed by atoms with van der Waals surface area (Å²) < 4.78 is 0. The van der Waals surface area contributed by atoms with Crippen molar-refractivity contribution in [3.63, 3.8) is 0 Å². The van der Waals surface area contributed by atoms with E-state index >= 15 is 0 Å². The van der Waals surface area contributed by atoms with Crippen molar-refractivity contribution in [3.8, 4) is 0 Å². The molecular formula is C14H26N4S. The number of anilines is 1. The smallest absolute Gasteiger partial charge is 0.185 e. The summed E-state index contributed by atoms with van der Waals surface area (Å²) in [6.07, 6.45) is 1.17. The Kier molecular flexibility index (Phi) is 5.19. The normalized spacial score (nSPS) is 23.5. The second-order valence-electron chi connectivity index (χ2n) is 5.71. The first-order valence-corrected chi connectivity index (χ1v) is 8.06. The van der Waals surface area contributed by atoms with Gasteiger partial charge >= 0.3 is 0 Å². The lowest BCUT2D eigenvalue weighted by molar-refractivity contribution is 0.266. The van der Waals surface area contributed by atoms with Gasteiger partial charge in [0.05, 0.1) is 5.69 Å². The number of aromatic nitrogens is 1. The molecule has 1 aromatic rings. The fourth-order valence-corrected chi connectivity index (χ4v) is 3.54. The summed E-state index contributed by atoms with van der Waals surface area (Å²) in [4.78, 5) is 9.52. The molecule has 0 aliphatic carbocycles. The zero-order valence-corrected chi connectivity index (χ0v) is 13.3. The van der Waals surface area contributed by atoms with Gasteiger partial charge in [0.2, 0.25) is 0 Å². The summed E-state index contributed by atoms with van der Waals surface area (Å²) in [5, 5.41) is 6.78. The summed E-state index contributed by atoms with van der Waals surface area (Å²) in [7, 11) is 4.35. The molecule has 108 valence electrons. The third-order valence-electron chi connectivity index (χ3n) is 3.78. The molecular weight excluding hydrogens is 256 g/mol. The Morgan fingerprint density at radius 1 is 1.47 bits per heavy atom. The predicted octanol–water partition coefficient (Wildman–Crippen LogP) is 2.03. The molecule has 4 nitrogen and oxygen atoms in total. The number of thiazole rings is 1. The van der Waals surface area contributed by atoms with Crippen LogP contribution in [0.1, 0.15) is 26.0 Å². The Balaban J connectivity index is 1.92. The average molecular weight is 282 g/mol. The van der Waals surface area contributed by atoms with Crippen molar-refractivity contribution in [1.29, 1.82) is 0 Å². The van der Waals surface area contributed by atoms with E-state index in [1.807, 2.05) is 0 Å². The highest BCUT2D eigenvalue weighted by atomic mass is 32.1. The maximum Gasteiger partial charge on any atom is 0.185 e. The molecule has 2 rings (SSSR count). The van der Waals surface area contributed by atoms with Crippen molar-refractivity contribution in [1.82, 2.24) is 15.2 Å². The van der Waals surface area contributed by atoms with Crippen LogP contribution in [0.5, 0.6) is 0 Å². The number of rotatable bonds is 6. The van der Waals surface area contributed by atoms with Crippen molar-refractivity contribution in [2.75, 3.05) is 38.6 Å². The van der Waals surface area contributed by atoms with Crippen molar-refractivity contribution < 1.29 is 0 Å². The second-order valence-corrected chi connectivity index (χ2v) is 6.55. The number of likely N-dealkylation sites (N-methyl/N-ethyl adjacent to an activating group) is 1. The molecule has 1 saturated heterocycles. The Morgan fingerprint density at radius 3 is 2.89 bits per heavy atom. The molecule has 1 aromatic heterocycles. The van der Waals surface area contributed by atoms with Gasteiger partial charge in [0, 0.05) is 31.1 Å². The van der Waals surface area contributed by atoms with Crippen molar-refractivity contribution >= 4 is 16.5 Å². The Morgan fingerprint density at radius 2 is 2.26 bits per heavy atom. The van der Waals surface area contributed by atoms with E-state index in [0.29, 0.717) is 12.0 Å². The maximum absolute atomic E-state index is 4.76. The van der Waals surface area contributed by atoms with E-state index < -0.39 is 0 Å². The topological polar surface area (TPSA) is 31.4 Å². The van der Waals surface area contributed by atoms with Gasteiger partial charge in [-0.05, 0) is 33.0 Å². The summed E-state index contributed by atoms with van der Waals surface area (Å²) in [6.45, 7) is 8.71. The van der Waals surface area contributed by atoms with Crippen LogP contribution in [-0.4, -0.2) is 49.7 Å². The summed E-state index contributed by atoms with van der Waals surface area (Å²) >= 11 is 1.78. The third-order valence-corrected chi connectivity index (χ3v) is 4.73. The van der Waals surface area contributed by atoms with Gasteiger partial charge < -0.3 is 15.1 Å². The van der Waals surface area contributed by atoms with E-state index in [2.05, 4.69) is 48.4 Å². The number of nitrogens with one attached hydrogen (secondary N) is 1. The van der Waals surface area contributed by atoms with Crippen LogP contribution >= 0.6 is 11.3 Å². The minimum Gasteiger partial charge on any atom is -0.346 e. The van der Waals surface area contributed by atoms with Gasteiger partial charge in [-0.25, -0.2) is 4.98 Å². The summed E-state index contributed by atoms with van der Waals surface area (Å²) in [5.41, 5.74) is 1.18. The Labute approximate surface area is 120 Å². The fraction of sp³-hybridized carbons (Fsp3) is 0.786. The molecule has 2 atom stereocenters. The SMILES string of the molecule is CCCNCc1csc(N2CC(C)C(N(C)C)C2)n1. The number of hydrogen-bond acceptors (Lipinski definition) is 5.